The summed E-state index contributed by atoms with van der Waals surface area (Å²) in [6, 6.07) is 6.19. The van der Waals surface area contributed by atoms with Gasteiger partial charge in [0.25, 0.3) is 0 Å². The number of hydrogen-bond donors (Lipinski definition) is 0. The minimum Gasteiger partial charge on any atom is -0.466 e. The first-order valence-corrected chi connectivity index (χ1v) is 11.7. The van der Waals surface area contributed by atoms with E-state index in [0.717, 1.165) is 25.7 Å². The monoisotopic (exact) mass is 452 g/mol. The Kier molecular flexibility index (Phi) is 7.34. The molecule has 1 saturated heterocycles. The molecule has 0 N–H and O–H groups in total. The van der Waals surface area contributed by atoms with Gasteiger partial charge in [0.15, 0.2) is 0 Å². The fraction of sp³-hybridized carbons (Fsp3) is 0.524. The molecule has 0 radical (unpaired) electrons. The van der Waals surface area contributed by atoms with Crippen LogP contribution in [0.2, 0.25) is 0 Å². The highest BCUT2D eigenvalue weighted by Crippen LogP contribution is 2.30. The van der Waals surface area contributed by atoms with Gasteiger partial charge in [0.05, 0.1) is 31.3 Å². The molecular formula is C21H28N2O7S. The third-order valence-electron chi connectivity index (χ3n) is 5.63. The molecule has 1 aromatic rings. The van der Waals surface area contributed by atoms with Crippen molar-refractivity contribution in [2.45, 2.75) is 43.5 Å². The van der Waals surface area contributed by atoms with Crippen molar-refractivity contribution in [3.63, 3.8) is 0 Å². The van der Waals surface area contributed by atoms with Crippen LogP contribution in [0.5, 0.6) is 0 Å². The maximum Gasteiger partial charge on any atom is 0.355 e. The van der Waals surface area contributed by atoms with Crippen LogP contribution in [0.3, 0.4) is 0 Å². The average Bonchev–Trinajstić information content (AvgIpc) is 2.82. The number of methoxy groups -OCH3 is 2. The lowest BCUT2D eigenvalue weighted by Crippen LogP contribution is -2.43. The van der Waals surface area contributed by atoms with E-state index in [2.05, 4.69) is 0 Å². The number of anilines is 1. The summed E-state index contributed by atoms with van der Waals surface area (Å²) in [5.41, 5.74) is 0.542. The predicted octanol–water partition coefficient (Wildman–Crippen LogP) is 2.03. The second kappa shape index (κ2) is 9.80. The lowest BCUT2D eigenvalue weighted by molar-refractivity contribution is -0.140. The average molecular weight is 453 g/mol. The van der Waals surface area contributed by atoms with Gasteiger partial charge in [-0.2, -0.15) is 4.31 Å². The summed E-state index contributed by atoms with van der Waals surface area (Å²) in [6.07, 6.45) is 3.51. The van der Waals surface area contributed by atoms with Gasteiger partial charge in [0, 0.05) is 18.3 Å². The highest BCUT2D eigenvalue weighted by Gasteiger charge is 2.34. The van der Waals surface area contributed by atoms with E-state index >= 15 is 0 Å². The molecule has 9 nitrogen and oxygen atoms in total. The fourth-order valence-electron chi connectivity index (χ4n) is 3.98. The summed E-state index contributed by atoms with van der Waals surface area (Å²) in [7, 11) is -1.19. The smallest absolute Gasteiger partial charge is 0.355 e. The summed E-state index contributed by atoms with van der Waals surface area (Å²) < 4.78 is 43.0. The minimum atomic E-state index is -3.63. The van der Waals surface area contributed by atoms with Crippen LogP contribution in [0, 0.1) is 0 Å². The number of rotatable bonds is 6. The Morgan fingerprint density at radius 3 is 2.39 bits per heavy atom. The zero-order valence-electron chi connectivity index (χ0n) is 18.0. The Balaban J connectivity index is 1.94. The van der Waals surface area contributed by atoms with Crippen LogP contribution >= 0.6 is 0 Å². The normalized spacial score (nSPS) is 20.5. The molecule has 1 aromatic carbocycles. The molecule has 0 aromatic heterocycles. The first kappa shape index (κ1) is 23.2. The maximum atomic E-state index is 13.2. The van der Waals surface area contributed by atoms with Crippen molar-refractivity contribution in [1.29, 1.82) is 0 Å². The topological polar surface area (TPSA) is 102 Å². The molecule has 10 heteroatoms. The molecule has 1 unspecified atom stereocenters. The van der Waals surface area contributed by atoms with Crippen LogP contribution in [0.25, 0.3) is 0 Å². The number of sulfonamides is 1. The highest BCUT2D eigenvalue weighted by molar-refractivity contribution is 7.89. The van der Waals surface area contributed by atoms with Gasteiger partial charge in [-0.1, -0.05) is 13.3 Å². The van der Waals surface area contributed by atoms with Gasteiger partial charge < -0.3 is 19.1 Å². The van der Waals surface area contributed by atoms with Gasteiger partial charge >= 0.3 is 11.9 Å². The Morgan fingerprint density at radius 2 is 1.77 bits per heavy atom. The van der Waals surface area contributed by atoms with Crippen LogP contribution < -0.4 is 4.90 Å². The fourth-order valence-corrected chi connectivity index (χ4v) is 5.75. The minimum absolute atomic E-state index is 0.00105. The van der Waals surface area contributed by atoms with Gasteiger partial charge in [-0.3, -0.25) is 0 Å². The van der Waals surface area contributed by atoms with E-state index in [4.69, 9.17) is 14.2 Å². The van der Waals surface area contributed by atoms with Crippen molar-refractivity contribution in [1.82, 2.24) is 4.31 Å². The Bertz CT molecular complexity index is 956. The lowest BCUT2D eigenvalue weighted by atomic mass is 10.0. The second-order valence-electron chi connectivity index (χ2n) is 7.38. The van der Waals surface area contributed by atoms with Crippen LogP contribution in [0.15, 0.2) is 40.4 Å². The van der Waals surface area contributed by atoms with E-state index in [1.807, 2.05) is 6.92 Å². The Hall–Kier alpha value is -2.43. The van der Waals surface area contributed by atoms with Crippen LogP contribution in [0.1, 0.15) is 32.6 Å². The molecule has 0 aliphatic carbocycles. The molecule has 2 aliphatic rings. The second-order valence-corrected chi connectivity index (χ2v) is 9.27. The largest absolute Gasteiger partial charge is 0.466 e. The number of hydrogen-bond acceptors (Lipinski definition) is 8. The number of carbonyl (C=O) groups excluding carboxylic acids is 2. The van der Waals surface area contributed by atoms with E-state index in [0.29, 0.717) is 12.2 Å². The molecule has 3 rings (SSSR count). The molecule has 170 valence electrons. The first-order chi connectivity index (χ1) is 14.8. The summed E-state index contributed by atoms with van der Waals surface area (Å²) in [5, 5.41) is 0. The lowest BCUT2D eigenvalue weighted by Gasteiger charge is -2.34. The number of nitrogens with zero attached hydrogens (tertiary/aromatic N) is 2. The number of esters is 2. The number of benzene rings is 1. The first-order valence-electron chi connectivity index (χ1n) is 10.2. The maximum absolute atomic E-state index is 13.2. The van der Waals surface area contributed by atoms with Gasteiger partial charge in [-0.05, 0) is 43.5 Å². The van der Waals surface area contributed by atoms with E-state index in [1.165, 1.54) is 31.3 Å². The van der Waals surface area contributed by atoms with Gasteiger partial charge in [0.2, 0.25) is 10.0 Å². The van der Waals surface area contributed by atoms with E-state index in [1.54, 1.807) is 16.4 Å². The van der Waals surface area contributed by atoms with Gasteiger partial charge in [-0.25, -0.2) is 18.0 Å². The highest BCUT2D eigenvalue weighted by atomic mass is 32.2. The quantitative estimate of drug-likeness (QED) is 0.604. The van der Waals surface area contributed by atoms with Crippen LogP contribution in [-0.4, -0.2) is 64.8 Å². The van der Waals surface area contributed by atoms with Crippen molar-refractivity contribution in [3.8, 4) is 0 Å². The molecule has 0 saturated carbocycles. The molecule has 0 bridgehead atoms. The van der Waals surface area contributed by atoms with Gasteiger partial charge in [0.1, 0.15) is 12.4 Å². The molecule has 1 atom stereocenters. The molecule has 2 heterocycles. The van der Waals surface area contributed by atoms with E-state index in [-0.39, 0.29) is 35.5 Å². The third kappa shape index (κ3) is 4.60. The zero-order valence-corrected chi connectivity index (χ0v) is 18.8. The predicted molar refractivity (Wildman–Crippen MR) is 113 cm³/mol. The summed E-state index contributed by atoms with van der Waals surface area (Å²) in [4.78, 5) is 26.2. The van der Waals surface area contributed by atoms with E-state index < -0.39 is 22.0 Å². The summed E-state index contributed by atoms with van der Waals surface area (Å²) in [5.74, 6) is -1.40. The van der Waals surface area contributed by atoms with Gasteiger partial charge in [-0.15, -0.1) is 0 Å². The van der Waals surface area contributed by atoms with Crippen molar-refractivity contribution in [2.24, 2.45) is 0 Å². The summed E-state index contributed by atoms with van der Waals surface area (Å²) in [6.45, 7) is 2.42. The Labute approximate surface area is 182 Å². The molecule has 0 amide bonds. The van der Waals surface area contributed by atoms with E-state index in [9.17, 15) is 18.0 Å². The van der Waals surface area contributed by atoms with Crippen molar-refractivity contribution in [2.75, 3.05) is 39.0 Å². The summed E-state index contributed by atoms with van der Waals surface area (Å²) >= 11 is 0. The number of ether oxygens (including phenoxy) is 3. The standard InChI is InChI=1S/C21H28N2O7S/c1-4-15-7-5-6-12-23(15)31(26,27)17-10-8-16(9-11-17)22-14-30-13-18(20(24)28-2)19(22)21(25)29-3/h8-11,15H,4-7,12-14H2,1-3H3. The number of carbonyl (C=O) groups is 2. The van der Waals surface area contributed by atoms with Crippen molar-refractivity contribution >= 4 is 27.6 Å². The number of piperidine rings is 1. The van der Waals surface area contributed by atoms with Crippen LogP contribution in [-0.2, 0) is 33.8 Å². The van der Waals surface area contributed by atoms with Crippen LogP contribution in [0.4, 0.5) is 5.69 Å². The Morgan fingerprint density at radius 1 is 1.10 bits per heavy atom. The SMILES string of the molecule is CCC1CCCCN1S(=O)(=O)c1ccc(N2COCC(C(=O)OC)=C2C(=O)OC)cc1. The van der Waals surface area contributed by atoms with Crippen molar-refractivity contribution < 1.29 is 32.2 Å². The molecule has 0 spiro atoms. The third-order valence-corrected chi connectivity index (χ3v) is 7.60. The molecule has 31 heavy (non-hydrogen) atoms. The zero-order chi connectivity index (χ0) is 22.6. The van der Waals surface area contributed by atoms with Crippen molar-refractivity contribution in [3.05, 3.63) is 35.5 Å². The molecular weight excluding hydrogens is 424 g/mol. The molecule has 2 aliphatic heterocycles. The molecule has 1 fully saturated rings.